The zero-order valence-corrected chi connectivity index (χ0v) is 10.8. The second-order valence-electron chi connectivity index (χ2n) is 3.85. The van der Waals surface area contributed by atoms with Gasteiger partial charge in [-0.3, -0.25) is 4.79 Å². The molecule has 5 heteroatoms. The van der Waals surface area contributed by atoms with Crippen molar-refractivity contribution in [3.63, 3.8) is 0 Å². The SMILES string of the molecule is CNCCNCC(=O)COC1=CC=C(Cl)CC1. The summed E-state index contributed by atoms with van der Waals surface area (Å²) >= 11 is 5.82. The number of carbonyl (C=O) groups excluding carboxylic acids is 1. The van der Waals surface area contributed by atoms with Crippen LogP contribution in [0.2, 0.25) is 0 Å². The normalized spacial score (nSPS) is 15.2. The average molecular weight is 259 g/mol. The number of nitrogens with one attached hydrogen (secondary N) is 2. The molecule has 0 spiro atoms. The van der Waals surface area contributed by atoms with Crippen molar-refractivity contribution >= 4 is 17.4 Å². The van der Waals surface area contributed by atoms with Crippen molar-refractivity contribution in [3.05, 3.63) is 22.9 Å². The molecule has 0 atom stereocenters. The van der Waals surface area contributed by atoms with Crippen molar-refractivity contribution in [1.82, 2.24) is 10.6 Å². The maximum absolute atomic E-state index is 11.4. The van der Waals surface area contributed by atoms with E-state index >= 15 is 0 Å². The molecular formula is C12H19ClN2O2. The fraction of sp³-hybridized carbons (Fsp3) is 0.583. The summed E-state index contributed by atoms with van der Waals surface area (Å²) in [6.45, 7) is 2.11. The average Bonchev–Trinajstić information content (AvgIpc) is 2.34. The van der Waals surface area contributed by atoms with Gasteiger partial charge in [0.1, 0.15) is 6.61 Å². The van der Waals surface area contributed by atoms with E-state index in [9.17, 15) is 4.79 Å². The zero-order chi connectivity index (χ0) is 12.5. The quantitative estimate of drug-likeness (QED) is 0.642. The van der Waals surface area contributed by atoms with Crippen LogP contribution in [-0.2, 0) is 9.53 Å². The van der Waals surface area contributed by atoms with Gasteiger partial charge in [-0.15, -0.1) is 0 Å². The molecule has 17 heavy (non-hydrogen) atoms. The number of hydrogen-bond acceptors (Lipinski definition) is 4. The fourth-order valence-corrected chi connectivity index (χ4v) is 1.54. The van der Waals surface area contributed by atoms with Crippen molar-refractivity contribution < 1.29 is 9.53 Å². The molecule has 1 aliphatic carbocycles. The maximum Gasteiger partial charge on any atom is 0.183 e. The second kappa shape index (κ2) is 8.28. The van der Waals surface area contributed by atoms with Gasteiger partial charge < -0.3 is 15.4 Å². The first kappa shape index (κ1) is 14.2. The largest absolute Gasteiger partial charge is 0.490 e. The van der Waals surface area contributed by atoms with E-state index in [-0.39, 0.29) is 12.4 Å². The van der Waals surface area contributed by atoms with Gasteiger partial charge in [-0.05, 0) is 25.6 Å². The molecule has 1 aliphatic rings. The van der Waals surface area contributed by atoms with Gasteiger partial charge in [-0.2, -0.15) is 0 Å². The zero-order valence-electron chi connectivity index (χ0n) is 10.1. The van der Waals surface area contributed by atoms with E-state index in [2.05, 4.69) is 10.6 Å². The van der Waals surface area contributed by atoms with Crippen LogP contribution in [0.15, 0.2) is 22.9 Å². The summed E-state index contributed by atoms with van der Waals surface area (Å²) in [5, 5.41) is 6.86. The van der Waals surface area contributed by atoms with E-state index in [0.717, 1.165) is 36.7 Å². The highest BCUT2D eigenvalue weighted by atomic mass is 35.5. The Balaban J connectivity index is 2.11. The molecule has 0 aromatic heterocycles. The lowest BCUT2D eigenvalue weighted by molar-refractivity contribution is -0.121. The van der Waals surface area contributed by atoms with Crippen LogP contribution in [0.1, 0.15) is 12.8 Å². The lowest BCUT2D eigenvalue weighted by Crippen LogP contribution is -2.31. The number of ketones is 1. The summed E-state index contributed by atoms with van der Waals surface area (Å²) < 4.78 is 5.40. The fourth-order valence-electron chi connectivity index (χ4n) is 1.38. The molecule has 0 saturated carbocycles. The molecule has 96 valence electrons. The Kier molecular flexibility index (Phi) is 6.93. The second-order valence-corrected chi connectivity index (χ2v) is 4.34. The third-order valence-corrected chi connectivity index (χ3v) is 2.67. The van der Waals surface area contributed by atoms with E-state index in [0.29, 0.717) is 6.54 Å². The van der Waals surface area contributed by atoms with Crippen LogP contribution in [0, 0.1) is 0 Å². The number of hydrogen-bond donors (Lipinski definition) is 2. The highest BCUT2D eigenvalue weighted by molar-refractivity contribution is 6.29. The Labute approximate surface area is 107 Å². The van der Waals surface area contributed by atoms with Crippen LogP contribution >= 0.6 is 11.6 Å². The summed E-state index contributed by atoms with van der Waals surface area (Å²) in [7, 11) is 1.88. The number of halogens is 1. The smallest absolute Gasteiger partial charge is 0.183 e. The third kappa shape index (κ3) is 6.46. The molecule has 0 fully saturated rings. The minimum Gasteiger partial charge on any atom is -0.490 e. The van der Waals surface area contributed by atoms with Crippen LogP contribution in [0.4, 0.5) is 0 Å². The molecule has 0 unspecified atom stereocenters. The summed E-state index contributed by atoms with van der Waals surface area (Å²) in [5.41, 5.74) is 0. The molecule has 0 bridgehead atoms. The standard InChI is InChI=1S/C12H19ClN2O2/c1-14-6-7-15-8-11(16)9-17-12-4-2-10(13)3-5-12/h2,4,14-15H,3,5-9H2,1H3. The Hall–Kier alpha value is -0.840. The summed E-state index contributed by atoms with van der Waals surface area (Å²) in [6.07, 6.45) is 5.21. The molecule has 1 rings (SSSR count). The molecular weight excluding hydrogens is 240 g/mol. The minimum absolute atomic E-state index is 0.0580. The van der Waals surface area contributed by atoms with Crippen LogP contribution in [0.3, 0.4) is 0 Å². The van der Waals surface area contributed by atoms with E-state index in [4.69, 9.17) is 16.3 Å². The molecule has 0 aromatic rings. The Morgan fingerprint density at radius 3 is 2.88 bits per heavy atom. The van der Waals surface area contributed by atoms with Gasteiger partial charge in [-0.25, -0.2) is 0 Å². The Morgan fingerprint density at radius 1 is 1.41 bits per heavy atom. The number of ether oxygens (including phenoxy) is 1. The Bertz CT molecular complexity index is 314. The number of rotatable bonds is 8. The van der Waals surface area contributed by atoms with Gasteiger partial charge in [0.15, 0.2) is 5.78 Å². The van der Waals surface area contributed by atoms with Gasteiger partial charge in [-0.1, -0.05) is 11.6 Å². The topological polar surface area (TPSA) is 50.4 Å². The number of carbonyl (C=O) groups is 1. The number of likely N-dealkylation sites (N-methyl/N-ethyl adjacent to an activating group) is 1. The van der Waals surface area contributed by atoms with Crippen LogP contribution < -0.4 is 10.6 Å². The lowest BCUT2D eigenvalue weighted by Gasteiger charge is -2.12. The Morgan fingerprint density at radius 2 is 2.24 bits per heavy atom. The summed E-state index contributed by atoms with van der Waals surface area (Å²) in [5.74, 6) is 0.889. The molecule has 0 aliphatic heterocycles. The first-order valence-corrected chi connectivity index (χ1v) is 6.15. The maximum atomic E-state index is 11.4. The summed E-state index contributed by atoms with van der Waals surface area (Å²) in [4.78, 5) is 11.4. The molecule has 2 N–H and O–H groups in total. The van der Waals surface area contributed by atoms with Crippen molar-refractivity contribution in [2.75, 3.05) is 33.3 Å². The minimum atomic E-state index is 0.0580. The van der Waals surface area contributed by atoms with E-state index < -0.39 is 0 Å². The molecule has 0 heterocycles. The van der Waals surface area contributed by atoms with Crippen LogP contribution in [0.25, 0.3) is 0 Å². The van der Waals surface area contributed by atoms with E-state index in [1.54, 1.807) is 0 Å². The number of Topliss-reactive ketones (excluding diaryl/α,β-unsaturated/α-hetero) is 1. The molecule has 0 aromatic carbocycles. The predicted molar refractivity (Wildman–Crippen MR) is 69.0 cm³/mol. The first-order valence-electron chi connectivity index (χ1n) is 5.77. The van der Waals surface area contributed by atoms with Crippen molar-refractivity contribution in [2.24, 2.45) is 0 Å². The molecule has 0 saturated heterocycles. The van der Waals surface area contributed by atoms with E-state index in [1.807, 2.05) is 19.2 Å². The van der Waals surface area contributed by atoms with Gasteiger partial charge in [0, 0.05) is 24.5 Å². The van der Waals surface area contributed by atoms with Crippen LogP contribution in [-0.4, -0.2) is 39.1 Å². The predicted octanol–water partition coefficient (Wildman–Crippen LogP) is 1.18. The van der Waals surface area contributed by atoms with Crippen molar-refractivity contribution in [3.8, 4) is 0 Å². The van der Waals surface area contributed by atoms with Crippen molar-refractivity contribution in [2.45, 2.75) is 12.8 Å². The lowest BCUT2D eigenvalue weighted by atomic mass is 10.1. The first-order chi connectivity index (χ1) is 8.22. The molecule has 4 nitrogen and oxygen atoms in total. The van der Waals surface area contributed by atoms with Crippen LogP contribution in [0.5, 0.6) is 0 Å². The summed E-state index contributed by atoms with van der Waals surface area (Å²) in [6, 6.07) is 0. The molecule has 0 amide bonds. The molecule has 0 radical (unpaired) electrons. The van der Waals surface area contributed by atoms with Crippen molar-refractivity contribution in [1.29, 1.82) is 0 Å². The van der Waals surface area contributed by atoms with Gasteiger partial charge in [0.05, 0.1) is 12.3 Å². The third-order valence-electron chi connectivity index (χ3n) is 2.35. The van der Waals surface area contributed by atoms with Gasteiger partial charge >= 0.3 is 0 Å². The highest BCUT2D eigenvalue weighted by Gasteiger charge is 2.08. The monoisotopic (exact) mass is 258 g/mol. The van der Waals surface area contributed by atoms with Gasteiger partial charge in [0.2, 0.25) is 0 Å². The number of allylic oxidation sites excluding steroid dienone is 4. The highest BCUT2D eigenvalue weighted by Crippen LogP contribution is 2.21. The van der Waals surface area contributed by atoms with Gasteiger partial charge in [0.25, 0.3) is 0 Å². The van der Waals surface area contributed by atoms with E-state index in [1.165, 1.54) is 0 Å².